The molecule has 2 aliphatic carbocycles. The molecule has 9 nitrogen and oxygen atoms in total. The normalized spacial score (nSPS) is 28.7. The van der Waals surface area contributed by atoms with Gasteiger partial charge in [-0.1, -0.05) is 32.1 Å². The lowest BCUT2D eigenvalue weighted by Gasteiger charge is -2.36. The number of benzene rings is 1. The summed E-state index contributed by atoms with van der Waals surface area (Å²) < 4.78 is 24.1. The van der Waals surface area contributed by atoms with Crippen LogP contribution in [0.1, 0.15) is 87.5 Å². The molecule has 1 aromatic heterocycles. The van der Waals surface area contributed by atoms with Crippen LogP contribution in [-0.2, 0) is 19.1 Å². The van der Waals surface area contributed by atoms with Crippen molar-refractivity contribution in [2.45, 2.75) is 95.2 Å². The number of H-pyrrole nitrogens is 1. The molecule has 0 bridgehead atoms. The molecule has 3 heterocycles. The summed E-state index contributed by atoms with van der Waals surface area (Å²) in [6, 6.07) is 6.29. The molecule has 1 unspecified atom stereocenters. The largest absolute Gasteiger partial charge is 0.458 e. The van der Waals surface area contributed by atoms with Crippen LogP contribution in [-0.4, -0.2) is 72.3 Å². The lowest BCUT2D eigenvalue weighted by Crippen LogP contribution is -2.50. The van der Waals surface area contributed by atoms with Gasteiger partial charge in [0.15, 0.2) is 0 Å². The molecular formula is C34H47FN4O5. The fourth-order valence-corrected chi connectivity index (χ4v) is 8.17. The molecule has 2 aliphatic heterocycles. The van der Waals surface area contributed by atoms with Crippen molar-refractivity contribution in [1.29, 1.82) is 0 Å². The Morgan fingerprint density at radius 2 is 1.82 bits per heavy atom. The zero-order valence-corrected chi connectivity index (χ0v) is 25.6. The van der Waals surface area contributed by atoms with Crippen LogP contribution in [0.4, 0.5) is 10.1 Å². The van der Waals surface area contributed by atoms with E-state index in [0.29, 0.717) is 43.3 Å². The van der Waals surface area contributed by atoms with Crippen LogP contribution in [0.25, 0.3) is 10.9 Å². The zero-order chi connectivity index (χ0) is 30.6. The first-order valence-corrected chi connectivity index (χ1v) is 16.8. The van der Waals surface area contributed by atoms with Crippen molar-refractivity contribution in [1.82, 2.24) is 9.88 Å². The van der Waals surface area contributed by atoms with E-state index in [-0.39, 0.29) is 42.3 Å². The Morgan fingerprint density at radius 3 is 2.55 bits per heavy atom. The number of nitrogens with zero attached hydrogens (tertiary/aromatic N) is 1. The lowest BCUT2D eigenvalue weighted by atomic mass is 9.76. The summed E-state index contributed by atoms with van der Waals surface area (Å²) in [7, 11) is 0. The second kappa shape index (κ2) is 14.0. The first kappa shape index (κ1) is 31.0. The SMILES string of the molecule is N[C@H](CF)C1CCC(C(=O)N2CC[C@@H](C3CCCCC3)[C@H]2C(=O)Nc2ccc3[nH]c(C(=O)OCC4CCCO4)cc3c2)CC1. The highest BCUT2D eigenvalue weighted by molar-refractivity contribution is 6.01. The number of hydrogen-bond acceptors (Lipinski definition) is 6. The summed E-state index contributed by atoms with van der Waals surface area (Å²) in [5.41, 5.74) is 7.72. The minimum atomic E-state index is -0.531. The van der Waals surface area contributed by atoms with E-state index in [1.54, 1.807) is 6.07 Å². The predicted molar refractivity (Wildman–Crippen MR) is 166 cm³/mol. The highest BCUT2D eigenvalue weighted by Gasteiger charge is 2.47. The Kier molecular flexibility index (Phi) is 9.86. The van der Waals surface area contributed by atoms with Crippen LogP contribution in [0.2, 0.25) is 0 Å². The zero-order valence-electron chi connectivity index (χ0n) is 25.6. The number of anilines is 1. The summed E-state index contributed by atoms with van der Waals surface area (Å²) in [6.45, 7) is 1.00. The van der Waals surface area contributed by atoms with Crippen molar-refractivity contribution >= 4 is 34.4 Å². The molecule has 4 fully saturated rings. The molecule has 6 rings (SSSR count). The fourth-order valence-electron chi connectivity index (χ4n) is 8.17. The maximum atomic E-state index is 14.0. The Hall–Kier alpha value is -2.98. The van der Waals surface area contributed by atoms with Crippen LogP contribution < -0.4 is 11.1 Å². The summed E-state index contributed by atoms with van der Waals surface area (Å²) in [4.78, 5) is 45.6. The first-order valence-electron chi connectivity index (χ1n) is 16.8. The van der Waals surface area contributed by atoms with Gasteiger partial charge in [0, 0.05) is 41.7 Å². The number of alkyl halides is 1. The van der Waals surface area contributed by atoms with E-state index in [1.807, 2.05) is 23.1 Å². The minimum absolute atomic E-state index is 0.0423. The van der Waals surface area contributed by atoms with Crippen LogP contribution >= 0.6 is 0 Å². The van der Waals surface area contributed by atoms with Gasteiger partial charge in [0.05, 0.1) is 6.10 Å². The number of fused-ring (bicyclic) bond motifs is 1. The highest BCUT2D eigenvalue weighted by atomic mass is 19.1. The fraction of sp³-hybridized carbons (Fsp3) is 0.676. The monoisotopic (exact) mass is 610 g/mol. The first-order chi connectivity index (χ1) is 21.4. The van der Waals surface area contributed by atoms with E-state index >= 15 is 0 Å². The van der Waals surface area contributed by atoms with Gasteiger partial charge in [-0.2, -0.15) is 0 Å². The molecule has 4 aliphatic rings. The van der Waals surface area contributed by atoms with E-state index in [0.717, 1.165) is 55.8 Å². The van der Waals surface area contributed by atoms with Gasteiger partial charge in [-0.25, -0.2) is 9.18 Å². The third-order valence-electron chi connectivity index (χ3n) is 10.7. The number of aromatic nitrogens is 1. The molecule has 2 amide bonds. The topological polar surface area (TPSA) is 127 Å². The number of rotatable bonds is 9. The van der Waals surface area contributed by atoms with Crippen LogP contribution in [0, 0.1) is 23.7 Å². The number of ether oxygens (including phenoxy) is 2. The number of carbonyl (C=O) groups excluding carboxylic acids is 3. The minimum Gasteiger partial charge on any atom is -0.458 e. The summed E-state index contributed by atoms with van der Waals surface area (Å²) >= 11 is 0. The van der Waals surface area contributed by atoms with E-state index in [4.69, 9.17) is 15.2 Å². The second-order valence-corrected chi connectivity index (χ2v) is 13.5. The number of hydrogen-bond donors (Lipinski definition) is 3. The number of amides is 2. The Morgan fingerprint density at radius 1 is 1.02 bits per heavy atom. The van der Waals surface area contributed by atoms with Crippen LogP contribution in [0.5, 0.6) is 0 Å². The van der Waals surface area contributed by atoms with Gasteiger partial charge >= 0.3 is 5.97 Å². The molecule has 2 aromatic rings. The van der Waals surface area contributed by atoms with Crippen LogP contribution in [0.3, 0.4) is 0 Å². The predicted octanol–water partition coefficient (Wildman–Crippen LogP) is 5.34. The quantitative estimate of drug-likeness (QED) is 0.329. The molecule has 1 aromatic carbocycles. The lowest BCUT2D eigenvalue weighted by molar-refractivity contribution is -0.142. The third-order valence-corrected chi connectivity index (χ3v) is 10.7. The second-order valence-electron chi connectivity index (χ2n) is 13.5. The van der Waals surface area contributed by atoms with Crippen LogP contribution in [0.15, 0.2) is 24.3 Å². The molecule has 240 valence electrons. The Balaban J connectivity index is 1.15. The van der Waals surface area contributed by atoms with Gasteiger partial charge < -0.3 is 30.4 Å². The van der Waals surface area contributed by atoms with Crippen molar-refractivity contribution in [2.75, 3.05) is 31.7 Å². The highest BCUT2D eigenvalue weighted by Crippen LogP contribution is 2.41. The average Bonchev–Trinajstić information content (AvgIpc) is 3.83. The standard InChI is InChI=1S/C34H47FN4O5/c35-19-28(36)22-8-10-23(11-9-22)33(41)39-15-14-27(21-5-2-1-3-6-21)31(39)32(40)37-25-12-13-29-24(17-25)18-30(38-29)34(42)44-20-26-7-4-16-43-26/h12-13,17-18,21-23,26-28,31,38H,1-11,14-16,19-20,36H2,(H,37,40)/t22?,23?,26?,27-,28+,31-/m0/s1. The number of nitrogens with one attached hydrogen (secondary N) is 2. The summed E-state index contributed by atoms with van der Waals surface area (Å²) in [6.07, 6.45) is 11.3. The Labute approximate surface area is 258 Å². The molecule has 4 atom stereocenters. The van der Waals surface area contributed by atoms with Gasteiger partial charge in [0.1, 0.15) is 25.0 Å². The van der Waals surface area contributed by atoms with Crippen molar-refractivity contribution in [3.63, 3.8) is 0 Å². The maximum absolute atomic E-state index is 14.0. The maximum Gasteiger partial charge on any atom is 0.354 e. The molecule has 2 saturated heterocycles. The van der Waals surface area contributed by atoms with Crippen molar-refractivity contribution in [2.24, 2.45) is 29.4 Å². The van der Waals surface area contributed by atoms with Gasteiger partial charge in [0.2, 0.25) is 11.8 Å². The number of esters is 1. The molecule has 0 radical (unpaired) electrons. The van der Waals surface area contributed by atoms with Crippen molar-refractivity contribution < 1.29 is 28.2 Å². The van der Waals surface area contributed by atoms with Gasteiger partial charge in [-0.15, -0.1) is 0 Å². The number of carbonyl (C=O) groups is 3. The van der Waals surface area contributed by atoms with E-state index < -0.39 is 24.7 Å². The van der Waals surface area contributed by atoms with E-state index in [9.17, 15) is 18.8 Å². The van der Waals surface area contributed by atoms with E-state index in [1.165, 1.54) is 19.3 Å². The van der Waals surface area contributed by atoms with E-state index in [2.05, 4.69) is 10.3 Å². The number of halogens is 1. The van der Waals surface area contributed by atoms with Crippen molar-refractivity contribution in [3.05, 3.63) is 30.0 Å². The smallest absolute Gasteiger partial charge is 0.354 e. The Bertz CT molecular complexity index is 1310. The summed E-state index contributed by atoms with van der Waals surface area (Å²) in [5.74, 6) is 0.0200. The number of aromatic amines is 1. The molecule has 44 heavy (non-hydrogen) atoms. The number of likely N-dealkylation sites (tertiary alicyclic amines) is 1. The van der Waals surface area contributed by atoms with Gasteiger partial charge in [-0.3, -0.25) is 9.59 Å². The molecule has 4 N–H and O–H groups in total. The van der Waals surface area contributed by atoms with Gasteiger partial charge in [0.25, 0.3) is 0 Å². The van der Waals surface area contributed by atoms with Gasteiger partial charge in [-0.05, 0) is 87.0 Å². The van der Waals surface area contributed by atoms with Crippen molar-refractivity contribution in [3.8, 4) is 0 Å². The summed E-state index contributed by atoms with van der Waals surface area (Å²) in [5, 5.41) is 3.92. The average molecular weight is 611 g/mol. The molecule has 10 heteroatoms. The molecular weight excluding hydrogens is 563 g/mol. The molecule has 2 saturated carbocycles. The third kappa shape index (κ3) is 6.81. The number of nitrogens with two attached hydrogens (primary N) is 1. The molecule has 0 spiro atoms.